The van der Waals surface area contributed by atoms with E-state index in [1.807, 2.05) is 102 Å². The number of H-pyrrole nitrogens is 1. The summed E-state index contributed by atoms with van der Waals surface area (Å²) in [6.45, 7) is 16.0. The second-order valence-electron chi connectivity index (χ2n) is 24.9. The van der Waals surface area contributed by atoms with Gasteiger partial charge >= 0.3 is 6.03 Å². The summed E-state index contributed by atoms with van der Waals surface area (Å²) in [5, 5.41) is 44.2. The minimum Gasteiger partial charge on any atom is -0.391 e. The lowest BCUT2D eigenvalue weighted by atomic mass is 9.96. The number of hydrogen-bond donors (Lipinski definition) is 11. The molecule has 0 radical (unpaired) electrons. The van der Waals surface area contributed by atoms with Gasteiger partial charge in [-0.25, -0.2) is 4.79 Å². The summed E-state index contributed by atoms with van der Waals surface area (Å²) in [7, 11) is 11.1. The van der Waals surface area contributed by atoms with Crippen LogP contribution >= 0.6 is 0 Å². The number of carbonyl (C=O) groups excluding carboxylic acids is 4. The van der Waals surface area contributed by atoms with Crippen molar-refractivity contribution >= 4 is 85.8 Å². The average molecular weight is 1280 g/mol. The molecule has 0 saturated carbocycles. The lowest BCUT2D eigenvalue weighted by Gasteiger charge is -2.41. The van der Waals surface area contributed by atoms with Gasteiger partial charge in [-0.2, -0.15) is 0 Å². The number of ether oxygens (including phenoxy) is 3. The number of rotatable bonds is 11. The molecule has 0 spiro atoms. The van der Waals surface area contributed by atoms with Crippen LogP contribution in [0.4, 0.5) is 56.0 Å². The van der Waals surface area contributed by atoms with E-state index in [0.717, 1.165) is 153 Å². The fourth-order valence-corrected chi connectivity index (χ4v) is 12.6. The largest absolute Gasteiger partial charge is 0.391 e. The van der Waals surface area contributed by atoms with Gasteiger partial charge in [0.25, 0.3) is 5.56 Å². The molecule has 8 heterocycles. The molecule has 3 saturated heterocycles. The Balaban J connectivity index is 0.000000138. The molecule has 500 valence electrons. The molecule has 93 heavy (non-hydrogen) atoms. The highest BCUT2D eigenvalue weighted by atomic mass is 16.5. The number of aliphatic hydroxyl groups is 2. The number of benzene rings is 5. The molecule has 3 fully saturated rings. The van der Waals surface area contributed by atoms with Gasteiger partial charge in [0, 0.05) is 139 Å². The first kappa shape index (κ1) is 69.0. The molecule has 0 aliphatic carbocycles. The second kappa shape index (κ2) is 31.5. The molecule has 5 aromatic carbocycles. The maximum Gasteiger partial charge on any atom is 0.324 e. The van der Waals surface area contributed by atoms with Gasteiger partial charge in [-0.05, 0) is 141 Å². The number of amides is 5. The van der Waals surface area contributed by atoms with E-state index < -0.39 is 5.60 Å². The third kappa shape index (κ3) is 17.7. The predicted molar refractivity (Wildman–Crippen MR) is 369 cm³/mol. The number of aromatic nitrogens is 1. The molecule has 6 aromatic rings. The van der Waals surface area contributed by atoms with Gasteiger partial charge in [0.05, 0.1) is 86.7 Å². The van der Waals surface area contributed by atoms with Gasteiger partial charge < -0.3 is 76.8 Å². The number of β-amino-alcohol motifs (C(OH)–C–C–N with tert-alkyl or cyclic N) is 1. The van der Waals surface area contributed by atoms with Crippen molar-refractivity contribution < 1.29 is 43.6 Å². The number of carbonyl (C=O) groups is 4. The van der Waals surface area contributed by atoms with E-state index in [4.69, 9.17) is 19.3 Å². The molecule has 0 bridgehead atoms. The van der Waals surface area contributed by atoms with Crippen LogP contribution in [0.25, 0.3) is 10.9 Å². The van der Waals surface area contributed by atoms with Gasteiger partial charge in [0.15, 0.2) is 0 Å². The summed E-state index contributed by atoms with van der Waals surface area (Å²) in [6, 6.07) is 31.5. The summed E-state index contributed by atoms with van der Waals surface area (Å²) in [5.74, 6) is 0.294. The highest BCUT2D eigenvalue weighted by Crippen LogP contribution is 2.34. The number of anilines is 9. The highest BCUT2D eigenvalue weighted by Gasteiger charge is 2.37. The van der Waals surface area contributed by atoms with Crippen molar-refractivity contribution in [3.8, 4) is 0 Å². The first-order valence-corrected chi connectivity index (χ1v) is 32.1. The molecule has 11 N–H and O–H groups in total. The average Bonchev–Trinajstić information content (AvgIpc) is 0.868. The molecule has 13 rings (SSSR count). The molecule has 7 aliphatic rings. The summed E-state index contributed by atoms with van der Waals surface area (Å²) in [6.07, 6.45) is 2.69. The number of aliphatic hydroxyl groups excluding tert-OH is 1. The van der Waals surface area contributed by atoms with Crippen LogP contribution in [0.1, 0.15) is 55.5 Å². The number of hydrogen-bond acceptors (Lipinski definition) is 18. The van der Waals surface area contributed by atoms with Crippen molar-refractivity contribution in [3.05, 3.63) is 135 Å². The third-order valence-electron chi connectivity index (χ3n) is 17.6. The van der Waals surface area contributed by atoms with Crippen molar-refractivity contribution in [1.29, 1.82) is 0 Å². The first-order chi connectivity index (χ1) is 44.7. The summed E-state index contributed by atoms with van der Waals surface area (Å²) in [4.78, 5) is 73.4. The number of aromatic amines is 1. The second-order valence-corrected chi connectivity index (χ2v) is 24.9. The van der Waals surface area contributed by atoms with Crippen molar-refractivity contribution in [2.24, 2.45) is 0 Å². The Kier molecular flexibility index (Phi) is 23.4. The van der Waals surface area contributed by atoms with E-state index in [-0.39, 0.29) is 66.3 Å². The Bertz CT molecular complexity index is 3540. The zero-order valence-electron chi connectivity index (χ0n) is 55.3. The standard InChI is InChI=1S/C16H23N3O2.2C14H19N3O2.C14H21N3O2.C11H12N2O2/c1-10-8-19(9-11(2)21-10)15-6-12-4-5-13(17-3)7-14(12)18-16(15)20;2*1-15-11-3-2-10-8-13(14(18)16-12(10)9-11)17-4-6-19-7-5-17;1-14(2,19)9-17-8-10-5-6-11(15-3)7-12(10)16(4)13(17)18;1-12-9-3-2-7-4-8(6-14)11(15)13-10(7)5-9/h4-5,7,10-11,15,17H,6,8-9H2,1-3H3,(H,18,20);2*2-3,9,13,15H,4-8H2,1H3,(H,16,18);5-7,15,19H,8-9H2,1-4H3;2-5,12,14H,6H2,1H3,(H,13,15)/t10-,11+,15?;2*13-;;/m.10../s1. The van der Waals surface area contributed by atoms with E-state index >= 15 is 0 Å². The van der Waals surface area contributed by atoms with Crippen LogP contribution in [0.2, 0.25) is 0 Å². The molecular formula is C69H94N14O10. The predicted octanol–water partition coefficient (Wildman–Crippen LogP) is 6.48. The molecular weight excluding hydrogens is 1180 g/mol. The molecule has 24 heteroatoms. The van der Waals surface area contributed by atoms with Gasteiger partial charge in [-0.1, -0.05) is 30.3 Å². The fraction of sp³-hybridized carbons (Fsp3) is 0.464. The molecule has 5 atom stereocenters. The van der Waals surface area contributed by atoms with Crippen LogP contribution in [0.3, 0.4) is 0 Å². The van der Waals surface area contributed by atoms with E-state index in [0.29, 0.717) is 18.7 Å². The van der Waals surface area contributed by atoms with Crippen molar-refractivity contribution in [2.75, 3.05) is 162 Å². The molecule has 7 aliphatic heterocycles. The Labute approximate surface area is 545 Å². The van der Waals surface area contributed by atoms with Crippen molar-refractivity contribution in [3.63, 3.8) is 0 Å². The van der Waals surface area contributed by atoms with Crippen molar-refractivity contribution in [1.82, 2.24) is 24.6 Å². The van der Waals surface area contributed by atoms with Crippen LogP contribution in [0.15, 0.2) is 102 Å². The zero-order valence-corrected chi connectivity index (χ0v) is 55.3. The van der Waals surface area contributed by atoms with E-state index in [1.165, 1.54) is 16.7 Å². The minimum atomic E-state index is -0.890. The monoisotopic (exact) mass is 1280 g/mol. The van der Waals surface area contributed by atoms with Crippen LogP contribution in [0, 0.1) is 0 Å². The van der Waals surface area contributed by atoms with Crippen LogP contribution < -0.4 is 53.0 Å². The maximum absolute atomic E-state index is 12.5. The SMILES string of the molecule is CNc1ccc2c(c1)N(C)C(=O)N(CC(C)(C)O)C2.CNc1ccc2c(c1)NC(=O)C(N1C[C@@H](C)O[C@@H](C)C1)C2.CNc1ccc2c(c1)NC(=O)[C@@H](N1CCOCC1)C2.CNc1ccc2c(c1)NC(=O)[C@H](N1CCOCC1)C2.CNc1ccc2cc(CO)c(=O)[nH]c2c1. The van der Waals surface area contributed by atoms with E-state index in [2.05, 4.69) is 100 Å². The number of nitrogens with zero attached hydrogens (tertiary/aromatic N) is 5. The van der Waals surface area contributed by atoms with Gasteiger partial charge in [-0.15, -0.1) is 0 Å². The van der Waals surface area contributed by atoms with Gasteiger partial charge in [-0.3, -0.25) is 38.8 Å². The smallest absolute Gasteiger partial charge is 0.324 e. The van der Waals surface area contributed by atoms with Crippen LogP contribution in [-0.2, 0) is 61.0 Å². The molecule has 1 unspecified atom stereocenters. The fourth-order valence-electron chi connectivity index (χ4n) is 12.6. The summed E-state index contributed by atoms with van der Waals surface area (Å²) in [5.41, 5.74) is 13.4. The minimum absolute atomic E-state index is 0.0585. The van der Waals surface area contributed by atoms with Crippen molar-refractivity contribution in [2.45, 2.75) is 96.0 Å². The number of fused-ring (bicyclic) bond motifs is 5. The van der Waals surface area contributed by atoms with E-state index in [9.17, 15) is 29.1 Å². The number of urea groups is 1. The number of pyridine rings is 1. The Morgan fingerprint density at radius 2 is 0.935 bits per heavy atom. The maximum atomic E-state index is 12.5. The lowest BCUT2D eigenvalue weighted by molar-refractivity contribution is -0.128. The lowest BCUT2D eigenvalue weighted by Crippen LogP contribution is -2.55. The van der Waals surface area contributed by atoms with Crippen LogP contribution in [-0.4, -0.2) is 209 Å². The summed E-state index contributed by atoms with van der Waals surface area (Å²) >= 11 is 0. The van der Waals surface area contributed by atoms with Gasteiger partial charge in [0.2, 0.25) is 17.7 Å². The molecule has 1 aromatic heterocycles. The first-order valence-electron chi connectivity index (χ1n) is 32.1. The van der Waals surface area contributed by atoms with E-state index in [1.54, 1.807) is 36.8 Å². The third-order valence-corrected chi connectivity index (χ3v) is 17.6. The zero-order chi connectivity index (χ0) is 66.5. The molecule has 24 nitrogen and oxygen atoms in total. The highest BCUT2D eigenvalue weighted by molar-refractivity contribution is 6.00. The van der Waals surface area contributed by atoms with Gasteiger partial charge in [0.1, 0.15) is 0 Å². The normalized spacial score (nSPS) is 21.2. The quantitative estimate of drug-likeness (QED) is 0.0662. The van der Waals surface area contributed by atoms with Crippen LogP contribution in [0.5, 0.6) is 0 Å². The Morgan fingerprint density at radius 1 is 0.538 bits per heavy atom. The number of nitrogens with one attached hydrogen (secondary N) is 9. The Morgan fingerprint density at radius 3 is 1.35 bits per heavy atom. The Hall–Kier alpha value is -8.33. The summed E-state index contributed by atoms with van der Waals surface area (Å²) < 4.78 is 16.4. The topological polar surface area (TPSA) is 282 Å². The molecule has 5 amide bonds. The number of morpholine rings is 3.